The third kappa shape index (κ3) is 6.32. The van der Waals surface area contributed by atoms with Gasteiger partial charge in [-0.15, -0.1) is 11.3 Å². The molecule has 0 aliphatic rings. The summed E-state index contributed by atoms with van der Waals surface area (Å²) in [5, 5.41) is 22.4. The van der Waals surface area contributed by atoms with Crippen LogP contribution in [0, 0.1) is 10.1 Å². The molecule has 0 amide bonds. The van der Waals surface area contributed by atoms with Crippen LogP contribution in [0.5, 0.6) is 0 Å². The summed E-state index contributed by atoms with van der Waals surface area (Å²) in [6, 6.07) is 6.24. The molecule has 1 N–H and O–H groups in total. The highest BCUT2D eigenvalue weighted by atomic mass is 32.1. The number of likely N-dealkylation sites (N-methyl/N-ethyl adjacent to an activating group) is 1. The normalized spacial score (nSPS) is 11.6. The molecule has 0 aliphatic heterocycles. The van der Waals surface area contributed by atoms with Gasteiger partial charge >= 0.3 is 5.69 Å². The Kier molecular flexibility index (Phi) is 9.38. The highest BCUT2D eigenvalue weighted by molar-refractivity contribution is 7.07. The zero-order valence-corrected chi connectivity index (χ0v) is 23.0. The van der Waals surface area contributed by atoms with Crippen molar-refractivity contribution in [3.05, 3.63) is 83.2 Å². The van der Waals surface area contributed by atoms with Gasteiger partial charge in [-0.25, -0.2) is 14.8 Å². The average Bonchev–Trinajstić information content (AvgIpc) is 3.57. The molecule has 39 heavy (non-hydrogen) atoms. The first-order valence-electron chi connectivity index (χ1n) is 13.0. The Morgan fingerprint density at radius 2 is 1.82 bits per heavy atom. The van der Waals surface area contributed by atoms with E-state index in [1.807, 2.05) is 23.8 Å². The number of nitrogens with zero attached hydrogens (tertiary/aromatic N) is 7. The van der Waals surface area contributed by atoms with Crippen LogP contribution >= 0.6 is 11.3 Å². The van der Waals surface area contributed by atoms with Gasteiger partial charge in [0.1, 0.15) is 5.82 Å². The van der Waals surface area contributed by atoms with Gasteiger partial charge in [0, 0.05) is 56.7 Å². The van der Waals surface area contributed by atoms with Gasteiger partial charge in [-0.2, -0.15) is 0 Å². The number of thiazole rings is 1. The number of aliphatic hydroxyl groups excluding tert-OH is 1. The van der Waals surface area contributed by atoms with E-state index in [1.54, 1.807) is 22.2 Å². The van der Waals surface area contributed by atoms with E-state index in [0.717, 1.165) is 17.8 Å². The molecule has 208 valence electrons. The molecule has 13 heteroatoms. The second-order valence-corrected chi connectivity index (χ2v) is 9.95. The molecule has 12 nitrogen and oxygen atoms in total. The van der Waals surface area contributed by atoms with Crippen molar-refractivity contribution in [2.45, 2.75) is 52.7 Å². The first-order chi connectivity index (χ1) is 18.9. The van der Waals surface area contributed by atoms with E-state index in [9.17, 15) is 24.8 Å². The Morgan fingerprint density at radius 1 is 1.05 bits per heavy atom. The first kappa shape index (κ1) is 28.3. The second-order valence-electron chi connectivity index (χ2n) is 9.23. The third-order valence-corrected chi connectivity index (χ3v) is 7.37. The predicted octanol–water partition coefficient (Wildman–Crippen LogP) is 2.28. The molecular weight excluding hydrogens is 522 g/mol. The fraction of sp³-hybridized carbons (Fsp3) is 0.462. The van der Waals surface area contributed by atoms with Crippen molar-refractivity contribution in [2.75, 3.05) is 26.2 Å². The molecule has 0 saturated carbocycles. The van der Waals surface area contributed by atoms with Gasteiger partial charge < -0.3 is 9.67 Å². The zero-order chi connectivity index (χ0) is 27.9. The lowest BCUT2D eigenvalue weighted by molar-refractivity contribution is -0.384. The first-order valence-corrected chi connectivity index (χ1v) is 14.0. The molecule has 0 aliphatic carbocycles. The standard InChI is InChI=1S/C26H33N7O5S/c1-3-10-32-25(35)23-24(31(26(32)36)11-9-19-5-7-21(8-6-19)33(37)38)28-22(16-20-17-39-18-27-20)30(23)13-12-29(4-2)14-15-34/h5-8,17-18,34H,3-4,9-16H2,1-2H3. The number of fused-ring (bicyclic) bond motifs is 1. The number of non-ortho nitro benzene ring substituents is 1. The summed E-state index contributed by atoms with van der Waals surface area (Å²) in [7, 11) is 0. The van der Waals surface area contributed by atoms with Crippen molar-refractivity contribution in [1.29, 1.82) is 0 Å². The smallest absolute Gasteiger partial charge is 0.332 e. The van der Waals surface area contributed by atoms with E-state index >= 15 is 0 Å². The highest BCUT2D eigenvalue weighted by Crippen LogP contribution is 2.18. The predicted molar refractivity (Wildman–Crippen MR) is 149 cm³/mol. The summed E-state index contributed by atoms with van der Waals surface area (Å²) in [5.41, 5.74) is 3.32. The molecule has 0 fully saturated rings. The number of rotatable bonds is 14. The third-order valence-electron chi connectivity index (χ3n) is 6.74. The van der Waals surface area contributed by atoms with Gasteiger partial charge in [0.05, 0.1) is 22.7 Å². The number of imidazole rings is 1. The number of hydrogen-bond donors (Lipinski definition) is 1. The van der Waals surface area contributed by atoms with E-state index in [4.69, 9.17) is 4.98 Å². The topological polar surface area (TPSA) is 141 Å². The molecule has 0 unspecified atom stereocenters. The van der Waals surface area contributed by atoms with E-state index in [2.05, 4.69) is 9.88 Å². The average molecular weight is 556 g/mol. The van der Waals surface area contributed by atoms with Crippen LogP contribution < -0.4 is 11.2 Å². The minimum Gasteiger partial charge on any atom is -0.395 e. The van der Waals surface area contributed by atoms with Gasteiger partial charge in [-0.3, -0.25) is 28.9 Å². The number of hydrogen-bond acceptors (Lipinski definition) is 9. The van der Waals surface area contributed by atoms with Crippen molar-refractivity contribution in [3.63, 3.8) is 0 Å². The van der Waals surface area contributed by atoms with E-state index in [1.165, 1.54) is 28.0 Å². The van der Waals surface area contributed by atoms with E-state index in [0.29, 0.717) is 55.9 Å². The van der Waals surface area contributed by atoms with Gasteiger partial charge in [0.2, 0.25) is 0 Å². The van der Waals surface area contributed by atoms with Gasteiger partial charge in [0.25, 0.3) is 11.2 Å². The maximum atomic E-state index is 13.7. The zero-order valence-electron chi connectivity index (χ0n) is 22.2. The number of aliphatic hydroxyl groups is 1. The second kappa shape index (κ2) is 12.9. The van der Waals surface area contributed by atoms with Crippen LogP contribution in [0.2, 0.25) is 0 Å². The lowest BCUT2D eigenvalue weighted by Gasteiger charge is -2.20. The van der Waals surface area contributed by atoms with Crippen LogP contribution in [0.4, 0.5) is 5.69 Å². The van der Waals surface area contributed by atoms with Crippen LogP contribution in [0.25, 0.3) is 11.2 Å². The minimum absolute atomic E-state index is 0.00236. The van der Waals surface area contributed by atoms with Crippen LogP contribution in [0.15, 0.2) is 44.7 Å². The van der Waals surface area contributed by atoms with Crippen LogP contribution in [-0.4, -0.2) is 64.8 Å². The largest absolute Gasteiger partial charge is 0.395 e. The summed E-state index contributed by atoms with van der Waals surface area (Å²) in [4.78, 5) is 49.1. The quantitative estimate of drug-likeness (QED) is 0.185. The fourth-order valence-corrected chi connectivity index (χ4v) is 5.22. The number of nitro groups is 1. The van der Waals surface area contributed by atoms with Crippen molar-refractivity contribution < 1.29 is 10.0 Å². The monoisotopic (exact) mass is 555 g/mol. The Morgan fingerprint density at radius 3 is 2.44 bits per heavy atom. The summed E-state index contributed by atoms with van der Waals surface area (Å²) >= 11 is 1.48. The molecule has 3 heterocycles. The molecular formula is C26H33N7O5S. The molecule has 1 aromatic carbocycles. The molecule has 4 aromatic rings. The van der Waals surface area contributed by atoms with Crippen molar-refractivity contribution in [1.82, 2.24) is 28.6 Å². The Labute approximate surface area is 228 Å². The number of benzene rings is 1. The van der Waals surface area contributed by atoms with Crippen molar-refractivity contribution in [3.8, 4) is 0 Å². The lowest BCUT2D eigenvalue weighted by Crippen LogP contribution is -2.41. The Bertz CT molecular complexity index is 1520. The number of aryl methyl sites for hydroxylation is 2. The Hall–Kier alpha value is -3.68. The number of aromatic nitrogens is 5. The molecule has 0 atom stereocenters. The van der Waals surface area contributed by atoms with E-state index in [-0.39, 0.29) is 30.9 Å². The van der Waals surface area contributed by atoms with Crippen LogP contribution in [0.1, 0.15) is 37.4 Å². The van der Waals surface area contributed by atoms with Crippen LogP contribution in [0.3, 0.4) is 0 Å². The molecule has 4 rings (SSSR count). The summed E-state index contributed by atoms with van der Waals surface area (Å²) in [6.45, 7) is 6.83. The summed E-state index contributed by atoms with van der Waals surface area (Å²) < 4.78 is 4.71. The van der Waals surface area contributed by atoms with Gasteiger partial charge in [-0.05, 0) is 24.9 Å². The van der Waals surface area contributed by atoms with Crippen molar-refractivity contribution in [2.24, 2.45) is 0 Å². The molecule has 3 aromatic heterocycles. The lowest BCUT2D eigenvalue weighted by atomic mass is 10.1. The minimum atomic E-state index is -0.449. The highest BCUT2D eigenvalue weighted by Gasteiger charge is 2.22. The van der Waals surface area contributed by atoms with Crippen molar-refractivity contribution >= 4 is 28.2 Å². The van der Waals surface area contributed by atoms with Crippen LogP contribution in [-0.2, 0) is 32.5 Å². The molecule has 0 spiro atoms. The summed E-state index contributed by atoms with van der Waals surface area (Å²) in [5.74, 6) is 0.644. The SMILES string of the molecule is CCCn1c(=O)c2c(nc(Cc3cscn3)n2CCN(CC)CCO)n(CCc2ccc([N+](=O)[O-])cc2)c1=O. The Balaban J connectivity index is 1.81. The summed E-state index contributed by atoms with van der Waals surface area (Å²) in [6.07, 6.45) is 1.46. The fourth-order valence-electron chi connectivity index (χ4n) is 4.66. The molecule has 0 saturated heterocycles. The number of nitro benzene ring substituents is 1. The maximum Gasteiger partial charge on any atom is 0.332 e. The molecule has 0 bridgehead atoms. The van der Waals surface area contributed by atoms with E-state index < -0.39 is 10.6 Å². The maximum absolute atomic E-state index is 13.7. The van der Waals surface area contributed by atoms with Gasteiger partial charge in [-0.1, -0.05) is 26.0 Å². The van der Waals surface area contributed by atoms with Gasteiger partial charge in [0.15, 0.2) is 11.2 Å². The molecule has 0 radical (unpaired) electrons.